The second-order valence-electron chi connectivity index (χ2n) is 5.57. The lowest BCUT2D eigenvalue weighted by atomic mass is 9.97. The van der Waals surface area contributed by atoms with Crippen LogP contribution in [-0.4, -0.2) is 42.6 Å². The molecule has 0 aromatic heterocycles. The molecule has 0 unspecified atom stereocenters. The van der Waals surface area contributed by atoms with Crippen LogP contribution in [0.1, 0.15) is 26.7 Å². The number of nitrogens with zero attached hydrogens (tertiary/aromatic N) is 1. The molecule has 1 aliphatic heterocycles. The molecule has 1 saturated heterocycles. The van der Waals surface area contributed by atoms with Gasteiger partial charge in [-0.2, -0.15) is 0 Å². The predicted molar refractivity (Wildman–Crippen MR) is 82.4 cm³/mol. The number of halogens is 1. The Bertz CT molecular complexity index is 538. The van der Waals surface area contributed by atoms with E-state index in [0.29, 0.717) is 38.3 Å². The summed E-state index contributed by atoms with van der Waals surface area (Å²) >= 11 is 0. The fourth-order valence-electron chi connectivity index (χ4n) is 2.62. The number of carbonyl (C=O) groups excluding carboxylic acids is 2. The summed E-state index contributed by atoms with van der Waals surface area (Å²) in [5, 5.41) is 0. The number of likely N-dealkylation sites (tertiary alicyclic amines) is 1. The molecule has 0 saturated carbocycles. The monoisotopic (exact) mass is 323 g/mol. The van der Waals surface area contributed by atoms with E-state index in [-0.39, 0.29) is 23.6 Å². The van der Waals surface area contributed by atoms with E-state index in [1.54, 1.807) is 18.7 Å². The van der Waals surface area contributed by atoms with Gasteiger partial charge in [0.05, 0.1) is 12.5 Å². The number of ether oxygens (including phenoxy) is 2. The Labute approximate surface area is 135 Å². The standard InChI is InChI=1S/C17H22FNO4/c1-3-22-17(21)13-8-10-19(11-9-13)16(20)12(2)23-15-6-4-14(18)5-7-15/h4-7,12-13H,3,8-11H2,1-2H3/t12-/m1/s1. The molecule has 1 atom stereocenters. The molecule has 1 fully saturated rings. The van der Waals surface area contributed by atoms with Gasteiger partial charge in [-0.05, 0) is 51.0 Å². The molecule has 0 bridgehead atoms. The third kappa shape index (κ3) is 4.68. The van der Waals surface area contributed by atoms with Crippen molar-refractivity contribution in [1.82, 2.24) is 4.90 Å². The predicted octanol–water partition coefficient (Wildman–Crippen LogP) is 2.39. The van der Waals surface area contributed by atoms with Crippen LogP contribution in [-0.2, 0) is 14.3 Å². The number of piperidine rings is 1. The fourth-order valence-corrected chi connectivity index (χ4v) is 2.62. The average Bonchev–Trinajstić information content (AvgIpc) is 2.56. The van der Waals surface area contributed by atoms with Crippen molar-refractivity contribution in [2.24, 2.45) is 5.92 Å². The summed E-state index contributed by atoms with van der Waals surface area (Å²) in [4.78, 5) is 25.8. The molecular formula is C17H22FNO4. The molecule has 5 nitrogen and oxygen atoms in total. The van der Waals surface area contributed by atoms with E-state index in [1.807, 2.05) is 0 Å². The van der Waals surface area contributed by atoms with E-state index in [4.69, 9.17) is 9.47 Å². The van der Waals surface area contributed by atoms with Crippen molar-refractivity contribution in [3.8, 4) is 5.75 Å². The molecule has 6 heteroatoms. The second-order valence-corrected chi connectivity index (χ2v) is 5.57. The van der Waals surface area contributed by atoms with Crippen LogP contribution in [0, 0.1) is 11.7 Å². The lowest BCUT2D eigenvalue weighted by Crippen LogP contribution is -2.45. The first kappa shape index (κ1) is 17.2. The van der Waals surface area contributed by atoms with Crippen LogP contribution in [0.3, 0.4) is 0 Å². The van der Waals surface area contributed by atoms with Crippen molar-refractivity contribution in [3.63, 3.8) is 0 Å². The number of esters is 1. The SMILES string of the molecule is CCOC(=O)C1CCN(C(=O)[C@@H](C)Oc2ccc(F)cc2)CC1. The Morgan fingerprint density at radius 2 is 1.87 bits per heavy atom. The molecule has 0 N–H and O–H groups in total. The Morgan fingerprint density at radius 1 is 1.26 bits per heavy atom. The van der Waals surface area contributed by atoms with Gasteiger partial charge in [-0.1, -0.05) is 0 Å². The van der Waals surface area contributed by atoms with Crippen molar-refractivity contribution in [1.29, 1.82) is 0 Å². The summed E-state index contributed by atoms with van der Waals surface area (Å²) in [6.45, 7) is 4.85. The van der Waals surface area contributed by atoms with Gasteiger partial charge in [0.1, 0.15) is 11.6 Å². The van der Waals surface area contributed by atoms with E-state index in [9.17, 15) is 14.0 Å². The van der Waals surface area contributed by atoms with Crippen molar-refractivity contribution < 1.29 is 23.5 Å². The molecule has 1 aliphatic rings. The number of hydrogen-bond acceptors (Lipinski definition) is 4. The molecule has 126 valence electrons. The van der Waals surface area contributed by atoms with Crippen molar-refractivity contribution in [2.75, 3.05) is 19.7 Å². The molecular weight excluding hydrogens is 301 g/mol. The smallest absolute Gasteiger partial charge is 0.309 e. The van der Waals surface area contributed by atoms with Gasteiger partial charge < -0.3 is 14.4 Å². The van der Waals surface area contributed by atoms with Gasteiger partial charge in [-0.15, -0.1) is 0 Å². The van der Waals surface area contributed by atoms with E-state index in [2.05, 4.69) is 0 Å². The molecule has 2 rings (SSSR count). The van der Waals surface area contributed by atoms with Gasteiger partial charge >= 0.3 is 5.97 Å². The number of rotatable bonds is 5. The fraction of sp³-hybridized carbons (Fsp3) is 0.529. The van der Waals surface area contributed by atoms with Gasteiger partial charge in [-0.25, -0.2) is 4.39 Å². The Balaban J connectivity index is 1.84. The highest BCUT2D eigenvalue weighted by Crippen LogP contribution is 2.20. The molecule has 23 heavy (non-hydrogen) atoms. The Kier molecular flexibility index (Phi) is 5.96. The zero-order chi connectivity index (χ0) is 16.8. The second kappa shape index (κ2) is 7.94. The molecule has 1 aromatic carbocycles. The topological polar surface area (TPSA) is 55.8 Å². The number of hydrogen-bond donors (Lipinski definition) is 0. The number of amides is 1. The van der Waals surface area contributed by atoms with Crippen LogP contribution in [0.2, 0.25) is 0 Å². The van der Waals surface area contributed by atoms with E-state index >= 15 is 0 Å². The van der Waals surface area contributed by atoms with Crippen LogP contribution in [0.4, 0.5) is 4.39 Å². The molecule has 1 heterocycles. The minimum absolute atomic E-state index is 0.128. The number of benzene rings is 1. The maximum Gasteiger partial charge on any atom is 0.309 e. The van der Waals surface area contributed by atoms with Crippen LogP contribution in [0.25, 0.3) is 0 Å². The summed E-state index contributed by atoms with van der Waals surface area (Å²) in [7, 11) is 0. The van der Waals surface area contributed by atoms with Crippen LogP contribution < -0.4 is 4.74 Å². The Hall–Kier alpha value is -2.11. The third-order valence-electron chi connectivity index (χ3n) is 3.90. The van der Waals surface area contributed by atoms with Crippen LogP contribution in [0.5, 0.6) is 5.75 Å². The normalized spacial score (nSPS) is 16.7. The zero-order valence-electron chi connectivity index (χ0n) is 13.5. The van der Waals surface area contributed by atoms with Crippen LogP contribution >= 0.6 is 0 Å². The van der Waals surface area contributed by atoms with Gasteiger partial charge in [0.15, 0.2) is 6.10 Å². The van der Waals surface area contributed by atoms with Crippen molar-refractivity contribution in [3.05, 3.63) is 30.1 Å². The minimum Gasteiger partial charge on any atom is -0.481 e. The van der Waals surface area contributed by atoms with Crippen molar-refractivity contribution in [2.45, 2.75) is 32.8 Å². The first-order valence-electron chi connectivity index (χ1n) is 7.89. The highest BCUT2D eigenvalue weighted by molar-refractivity contribution is 5.81. The molecule has 1 amide bonds. The molecule has 0 spiro atoms. The van der Waals surface area contributed by atoms with Gasteiger partial charge in [0.25, 0.3) is 5.91 Å². The first-order chi connectivity index (χ1) is 11.0. The largest absolute Gasteiger partial charge is 0.481 e. The van der Waals surface area contributed by atoms with E-state index < -0.39 is 6.10 Å². The first-order valence-corrected chi connectivity index (χ1v) is 7.89. The van der Waals surface area contributed by atoms with Gasteiger partial charge in [-0.3, -0.25) is 9.59 Å². The molecule has 1 aromatic rings. The third-order valence-corrected chi connectivity index (χ3v) is 3.90. The van der Waals surface area contributed by atoms with Crippen LogP contribution in [0.15, 0.2) is 24.3 Å². The quantitative estimate of drug-likeness (QED) is 0.781. The lowest BCUT2D eigenvalue weighted by molar-refractivity contribution is -0.152. The van der Waals surface area contributed by atoms with Gasteiger partial charge in [0.2, 0.25) is 0 Å². The Morgan fingerprint density at radius 3 is 2.43 bits per heavy atom. The molecule has 0 radical (unpaired) electrons. The maximum atomic E-state index is 12.9. The maximum absolute atomic E-state index is 12.9. The highest BCUT2D eigenvalue weighted by atomic mass is 19.1. The summed E-state index contributed by atoms with van der Waals surface area (Å²) < 4.78 is 23.4. The lowest BCUT2D eigenvalue weighted by Gasteiger charge is -2.32. The number of carbonyl (C=O) groups is 2. The molecule has 0 aliphatic carbocycles. The minimum atomic E-state index is -0.653. The summed E-state index contributed by atoms with van der Waals surface area (Å²) in [6, 6.07) is 5.56. The van der Waals surface area contributed by atoms with Gasteiger partial charge in [0, 0.05) is 13.1 Å². The summed E-state index contributed by atoms with van der Waals surface area (Å²) in [5.74, 6) is -0.342. The highest BCUT2D eigenvalue weighted by Gasteiger charge is 2.30. The summed E-state index contributed by atoms with van der Waals surface area (Å²) in [6.07, 6.45) is 0.557. The van der Waals surface area contributed by atoms with Crippen molar-refractivity contribution >= 4 is 11.9 Å². The van der Waals surface area contributed by atoms with E-state index in [0.717, 1.165) is 0 Å². The summed E-state index contributed by atoms with van der Waals surface area (Å²) in [5.41, 5.74) is 0. The zero-order valence-corrected chi connectivity index (χ0v) is 13.5. The van der Waals surface area contributed by atoms with E-state index in [1.165, 1.54) is 24.3 Å². The average molecular weight is 323 g/mol.